The van der Waals surface area contributed by atoms with Crippen LogP contribution in [-0.2, 0) is 14.3 Å². The average Bonchev–Trinajstić information content (AvgIpc) is 3.23. The van der Waals surface area contributed by atoms with Crippen molar-refractivity contribution in [2.24, 2.45) is 56.7 Å². The van der Waals surface area contributed by atoms with Crippen molar-refractivity contribution in [2.75, 3.05) is 6.61 Å². The molecular formula is C32H50O5. The third-order valence-electron chi connectivity index (χ3n) is 13.9. The van der Waals surface area contributed by atoms with E-state index in [0.29, 0.717) is 23.7 Å². The van der Waals surface area contributed by atoms with Gasteiger partial charge in [0, 0.05) is 12.3 Å². The van der Waals surface area contributed by atoms with Gasteiger partial charge in [0.05, 0.1) is 12.0 Å². The van der Waals surface area contributed by atoms with Gasteiger partial charge in [-0.1, -0.05) is 39.8 Å². The van der Waals surface area contributed by atoms with E-state index in [9.17, 15) is 19.8 Å². The molecule has 5 saturated carbocycles. The molecule has 0 aliphatic heterocycles. The minimum atomic E-state index is -0.588. The average molecular weight is 515 g/mol. The first-order valence-corrected chi connectivity index (χ1v) is 14.9. The fraction of sp³-hybridized carbons (Fsp3) is 0.875. The molecule has 2 unspecified atom stereocenters. The van der Waals surface area contributed by atoms with Crippen LogP contribution in [0.3, 0.4) is 0 Å². The summed E-state index contributed by atoms with van der Waals surface area (Å²) in [7, 11) is 0. The van der Waals surface area contributed by atoms with E-state index >= 15 is 0 Å². The topological polar surface area (TPSA) is 83.8 Å². The number of fused-ring (bicyclic) bond motifs is 7. The lowest BCUT2D eigenvalue weighted by Gasteiger charge is -2.72. The van der Waals surface area contributed by atoms with E-state index in [-0.39, 0.29) is 40.8 Å². The van der Waals surface area contributed by atoms with Crippen LogP contribution in [0.4, 0.5) is 0 Å². The highest BCUT2D eigenvalue weighted by Crippen LogP contribution is 2.77. The number of hydrogen-bond donors (Lipinski definition) is 2. The lowest BCUT2D eigenvalue weighted by molar-refractivity contribution is -0.256. The summed E-state index contributed by atoms with van der Waals surface area (Å²) in [6.07, 6.45) is 9.46. The molecule has 5 aliphatic carbocycles. The number of esters is 1. The summed E-state index contributed by atoms with van der Waals surface area (Å²) >= 11 is 0. The molecule has 0 saturated heterocycles. The van der Waals surface area contributed by atoms with Gasteiger partial charge in [0.1, 0.15) is 6.10 Å². The van der Waals surface area contributed by atoms with Crippen LogP contribution in [0.2, 0.25) is 0 Å². The second kappa shape index (κ2) is 8.57. The molecule has 5 aliphatic rings. The van der Waals surface area contributed by atoms with Crippen LogP contribution in [0, 0.1) is 56.7 Å². The van der Waals surface area contributed by atoms with Crippen molar-refractivity contribution < 1.29 is 24.5 Å². The first-order valence-electron chi connectivity index (χ1n) is 14.9. The summed E-state index contributed by atoms with van der Waals surface area (Å²) in [4.78, 5) is 24.8. The molecule has 0 amide bonds. The molecule has 5 fully saturated rings. The molecule has 0 bridgehead atoms. The first-order chi connectivity index (χ1) is 17.2. The zero-order valence-corrected chi connectivity index (χ0v) is 24.1. The number of aliphatic carboxylic acids is 1. The largest absolute Gasteiger partial charge is 0.481 e. The van der Waals surface area contributed by atoms with Gasteiger partial charge in [-0.15, -0.1) is 0 Å². The Morgan fingerprint density at radius 2 is 1.57 bits per heavy atom. The number of carbonyl (C=O) groups is 2. The van der Waals surface area contributed by atoms with Gasteiger partial charge in [-0.25, -0.2) is 0 Å². The zero-order chi connectivity index (χ0) is 27.2. The van der Waals surface area contributed by atoms with Gasteiger partial charge >= 0.3 is 11.9 Å². The Hall–Kier alpha value is -1.36. The van der Waals surface area contributed by atoms with Crippen LogP contribution < -0.4 is 0 Å². The summed E-state index contributed by atoms with van der Waals surface area (Å²) in [6.45, 7) is 17.7. The van der Waals surface area contributed by atoms with E-state index in [4.69, 9.17) is 4.74 Å². The van der Waals surface area contributed by atoms with Crippen molar-refractivity contribution in [1.82, 2.24) is 0 Å². The third kappa shape index (κ3) is 3.37. The minimum absolute atomic E-state index is 0.0397. The number of carboxylic acids is 1. The lowest BCUT2D eigenvalue weighted by Crippen LogP contribution is -2.68. The van der Waals surface area contributed by atoms with Crippen LogP contribution >= 0.6 is 0 Å². The molecule has 5 nitrogen and oxygen atoms in total. The fourth-order valence-corrected chi connectivity index (χ4v) is 11.9. The Morgan fingerprint density at radius 3 is 2.16 bits per heavy atom. The number of carboxylic acid groups (broad SMARTS) is 1. The zero-order valence-electron chi connectivity index (χ0n) is 24.1. The van der Waals surface area contributed by atoms with Crippen molar-refractivity contribution in [3.8, 4) is 0 Å². The maximum absolute atomic E-state index is 12.8. The maximum Gasteiger partial charge on any atom is 0.309 e. The molecule has 0 aromatic rings. The van der Waals surface area contributed by atoms with E-state index in [1.807, 2.05) is 0 Å². The molecule has 0 radical (unpaired) electrons. The number of aliphatic hydroxyl groups is 1. The second-order valence-corrected chi connectivity index (χ2v) is 14.9. The third-order valence-corrected chi connectivity index (χ3v) is 13.9. The number of ether oxygens (including phenoxy) is 1. The lowest BCUT2D eigenvalue weighted by atomic mass is 9.32. The predicted molar refractivity (Wildman–Crippen MR) is 144 cm³/mol. The molecule has 2 N–H and O–H groups in total. The Balaban J connectivity index is 1.53. The summed E-state index contributed by atoms with van der Waals surface area (Å²) in [5, 5.41) is 21.2. The number of aliphatic hydroxyl groups excluding tert-OH is 1. The molecule has 0 aromatic carbocycles. The van der Waals surface area contributed by atoms with Crippen molar-refractivity contribution in [2.45, 2.75) is 112 Å². The van der Waals surface area contributed by atoms with Gasteiger partial charge in [0.2, 0.25) is 0 Å². The molecule has 208 valence electrons. The second-order valence-electron chi connectivity index (χ2n) is 14.9. The molecular weight excluding hydrogens is 464 g/mol. The van der Waals surface area contributed by atoms with Crippen molar-refractivity contribution in [1.29, 1.82) is 0 Å². The van der Waals surface area contributed by atoms with Crippen molar-refractivity contribution in [3.63, 3.8) is 0 Å². The minimum Gasteiger partial charge on any atom is -0.481 e. The van der Waals surface area contributed by atoms with E-state index in [2.05, 4.69) is 41.2 Å². The quantitative estimate of drug-likeness (QED) is 0.325. The number of hydrogen-bond acceptors (Lipinski definition) is 4. The van der Waals surface area contributed by atoms with Crippen molar-refractivity contribution >= 4 is 11.9 Å². The molecule has 37 heavy (non-hydrogen) atoms. The first kappa shape index (κ1) is 27.2. The standard InChI is InChI=1S/C32H50O5/c1-19(2)21-10-15-32(27(35)36)17-16-30(6)22(26(21)32)8-9-24-28(4)13-12-25(37-20(3)34)29(5,18-33)23(28)11-14-31(24,30)7/h21-26,33H,1,8-18H2,2-7H3,(H,35,36)/t21-,22?,23+,24+,25?,26+,28-,29-,30+,31+,32-/m0/s1. The number of allylic oxidation sites excluding steroid dienone is 1. The molecule has 11 atom stereocenters. The summed E-state index contributed by atoms with van der Waals surface area (Å²) < 4.78 is 5.81. The maximum atomic E-state index is 12.8. The smallest absolute Gasteiger partial charge is 0.309 e. The molecule has 0 heterocycles. The molecule has 5 rings (SSSR count). The van der Waals surface area contributed by atoms with E-state index < -0.39 is 16.8 Å². The monoisotopic (exact) mass is 514 g/mol. The Morgan fingerprint density at radius 1 is 0.865 bits per heavy atom. The van der Waals surface area contributed by atoms with E-state index in [1.165, 1.54) is 12.5 Å². The Labute approximate surface area is 223 Å². The SMILES string of the molecule is C=C(C)[C@@H]1CC[C@]2(C(=O)O)CC[C@]3(C)C(CC[C@@H]4[C@@]5(C)CCC(OC(C)=O)[C@@](C)(CO)[C@@H]5CC[C@]43C)[C@@H]12. The molecule has 0 aromatic heterocycles. The highest BCUT2D eigenvalue weighted by molar-refractivity contribution is 5.76. The van der Waals surface area contributed by atoms with Crippen LogP contribution in [0.25, 0.3) is 0 Å². The normalized spacial score (nSPS) is 52.7. The van der Waals surface area contributed by atoms with Crippen LogP contribution in [0.5, 0.6) is 0 Å². The highest BCUT2D eigenvalue weighted by Gasteiger charge is 2.72. The van der Waals surface area contributed by atoms with E-state index in [0.717, 1.165) is 64.2 Å². The van der Waals surface area contributed by atoms with Gasteiger partial charge < -0.3 is 14.9 Å². The summed E-state index contributed by atoms with van der Waals surface area (Å²) in [6, 6.07) is 0. The summed E-state index contributed by atoms with van der Waals surface area (Å²) in [5.74, 6) is 0.897. The Kier molecular flexibility index (Phi) is 6.30. The van der Waals surface area contributed by atoms with Gasteiger partial charge in [0.25, 0.3) is 0 Å². The van der Waals surface area contributed by atoms with Gasteiger partial charge in [-0.05, 0) is 117 Å². The van der Waals surface area contributed by atoms with Crippen LogP contribution in [0.1, 0.15) is 106 Å². The number of carbonyl (C=O) groups excluding carboxylic acids is 1. The van der Waals surface area contributed by atoms with E-state index in [1.54, 1.807) is 0 Å². The number of rotatable bonds is 4. The van der Waals surface area contributed by atoms with Crippen LogP contribution in [0.15, 0.2) is 12.2 Å². The van der Waals surface area contributed by atoms with Crippen molar-refractivity contribution in [3.05, 3.63) is 12.2 Å². The predicted octanol–water partition coefficient (Wildman–Crippen LogP) is 6.63. The Bertz CT molecular complexity index is 990. The molecule has 0 spiro atoms. The van der Waals surface area contributed by atoms with Gasteiger partial charge in [-0.3, -0.25) is 9.59 Å². The highest BCUT2D eigenvalue weighted by atomic mass is 16.5. The summed E-state index contributed by atoms with van der Waals surface area (Å²) in [5.41, 5.74) is 0.435. The van der Waals surface area contributed by atoms with Gasteiger partial charge in [0.15, 0.2) is 0 Å². The molecule has 5 heteroatoms. The fourth-order valence-electron chi connectivity index (χ4n) is 11.9. The van der Waals surface area contributed by atoms with Gasteiger partial charge in [-0.2, -0.15) is 0 Å². The van der Waals surface area contributed by atoms with Crippen LogP contribution in [-0.4, -0.2) is 34.9 Å².